The van der Waals surface area contributed by atoms with Crippen LogP contribution < -0.4 is 5.32 Å². The SMILES string of the molecule is CC1=C(C#N)C(c2cccnc2)CC(=O)N1. The van der Waals surface area contributed by atoms with E-state index >= 15 is 0 Å². The van der Waals surface area contributed by atoms with Gasteiger partial charge >= 0.3 is 0 Å². The molecular formula is C12H11N3O. The summed E-state index contributed by atoms with van der Waals surface area (Å²) in [5.41, 5.74) is 2.17. The molecule has 0 saturated heterocycles. The van der Waals surface area contributed by atoms with Crippen molar-refractivity contribution in [3.8, 4) is 6.07 Å². The third kappa shape index (κ3) is 1.80. The lowest BCUT2D eigenvalue weighted by Gasteiger charge is -2.23. The third-order valence-corrected chi connectivity index (χ3v) is 2.68. The molecule has 0 fully saturated rings. The number of rotatable bonds is 1. The minimum absolute atomic E-state index is 0.0506. The molecule has 2 rings (SSSR count). The van der Waals surface area contributed by atoms with Crippen LogP contribution in [0.2, 0.25) is 0 Å². The number of amides is 1. The van der Waals surface area contributed by atoms with E-state index in [1.54, 1.807) is 19.3 Å². The normalized spacial score (nSPS) is 20.2. The highest BCUT2D eigenvalue weighted by Gasteiger charge is 2.27. The van der Waals surface area contributed by atoms with Crippen molar-refractivity contribution in [1.29, 1.82) is 5.26 Å². The van der Waals surface area contributed by atoms with Crippen LogP contribution in [0, 0.1) is 11.3 Å². The summed E-state index contributed by atoms with van der Waals surface area (Å²) < 4.78 is 0. The summed E-state index contributed by atoms with van der Waals surface area (Å²) in [4.78, 5) is 15.5. The number of nitriles is 1. The maximum absolute atomic E-state index is 11.4. The summed E-state index contributed by atoms with van der Waals surface area (Å²) in [7, 11) is 0. The molecule has 4 heteroatoms. The van der Waals surface area contributed by atoms with Crippen molar-refractivity contribution in [1.82, 2.24) is 10.3 Å². The predicted octanol–water partition coefficient (Wildman–Crippen LogP) is 1.48. The van der Waals surface area contributed by atoms with Crippen LogP contribution in [0.15, 0.2) is 35.8 Å². The van der Waals surface area contributed by atoms with Gasteiger partial charge in [0, 0.05) is 30.4 Å². The second-order valence-corrected chi connectivity index (χ2v) is 3.74. The summed E-state index contributed by atoms with van der Waals surface area (Å²) in [6.45, 7) is 1.75. The zero-order valence-electron chi connectivity index (χ0n) is 8.90. The second kappa shape index (κ2) is 4.15. The van der Waals surface area contributed by atoms with Crippen molar-refractivity contribution in [2.45, 2.75) is 19.3 Å². The first kappa shape index (κ1) is 10.4. The van der Waals surface area contributed by atoms with E-state index in [1.165, 1.54) is 0 Å². The molecular weight excluding hydrogens is 202 g/mol. The Balaban J connectivity index is 2.45. The fraction of sp³-hybridized carbons (Fsp3) is 0.250. The van der Waals surface area contributed by atoms with Crippen molar-refractivity contribution in [2.24, 2.45) is 0 Å². The fourth-order valence-electron chi connectivity index (χ4n) is 1.90. The summed E-state index contributed by atoms with van der Waals surface area (Å²) >= 11 is 0. The number of nitrogens with zero attached hydrogens (tertiary/aromatic N) is 2. The zero-order chi connectivity index (χ0) is 11.5. The molecule has 0 saturated carbocycles. The van der Waals surface area contributed by atoms with Gasteiger partial charge in [0.25, 0.3) is 0 Å². The maximum atomic E-state index is 11.4. The van der Waals surface area contributed by atoms with Crippen molar-refractivity contribution >= 4 is 5.91 Å². The quantitative estimate of drug-likeness (QED) is 0.768. The minimum atomic E-state index is -0.160. The smallest absolute Gasteiger partial charge is 0.225 e. The first-order chi connectivity index (χ1) is 7.72. The van der Waals surface area contributed by atoms with Crippen molar-refractivity contribution < 1.29 is 4.79 Å². The molecule has 1 aliphatic heterocycles. The Labute approximate surface area is 93.6 Å². The molecule has 4 nitrogen and oxygen atoms in total. The lowest BCUT2D eigenvalue weighted by molar-refractivity contribution is -0.121. The maximum Gasteiger partial charge on any atom is 0.225 e. The number of carbonyl (C=O) groups excluding carboxylic acids is 1. The van der Waals surface area contributed by atoms with E-state index < -0.39 is 0 Å². The van der Waals surface area contributed by atoms with Gasteiger partial charge < -0.3 is 5.32 Å². The number of hydrogen-bond acceptors (Lipinski definition) is 3. The van der Waals surface area contributed by atoms with Crippen molar-refractivity contribution in [3.05, 3.63) is 41.4 Å². The third-order valence-electron chi connectivity index (χ3n) is 2.68. The molecule has 0 radical (unpaired) electrons. The highest BCUT2D eigenvalue weighted by molar-refractivity contribution is 5.81. The van der Waals surface area contributed by atoms with Crippen LogP contribution >= 0.6 is 0 Å². The van der Waals surface area contributed by atoms with Crippen LogP contribution in [-0.2, 0) is 4.79 Å². The van der Waals surface area contributed by atoms with E-state index in [-0.39, 0.29) is 11.8 Å². The molecule has 0 aromatic carbocycles. The standard InChI is InChI=1S/C12H11N3O/c1-8-11(6-13)10(5-12(16)15-8)9-3-2-4-14-7-9/h2-4,7,10H,5H2,1H3,(H,15,16). The molecule has 1 N–H and O–H groups in total. The minimum Gasteiger partial charge on any atom is -0.329 e. The Kier molecular flexibility index (Phi) is 2.69. The molecule has 0 aliphatic carbocycles. The van der Waals surface area contributed by atoms with Crippen LogP contribution in [0.5, 0.6) is 0 Å². The number of carbonyl (C=O) groups is 1. The largest absolute Gasteiger partial charge is 0.329 e. The van der Waals surface area contributed by atoms with E-state index in [1.807, 2.05) is 12.1 Å². The summed E-state index contributed by atoms with van der Waals surface area (Å²) in [5, 5.41) is 11.8. The van der Waals surface area contributed by atoms with Gasteiger partial charge in [0.1, 0.15) is 0 Å². The predicted molar refractivity (Wildman–Crippen MR) is 58.1 cm³/mol. The number of pyridine rings is 1. The van der Waals surface area contributed by atoms with E-state index in [0.717, 1.165) is 5.56 Å². The van der Waals surface area contributed by atoms with Crippen molar-refractivity contribution in [3.63, 3.8) is 0 Å². The van der Waals surface area contributed by atoms with E-state index in [2.05, 4.69) is 16.4 Å². The van der Waals surface area contributed by atoms with Gasteiger partial charge in [0.05, 0.1) is 11.6 Å². The van der Waals surface area contributed by atoms with Gasteiger partial charge in [0.2, 0.25) is 5.91 Å². The fourth-order valence-corrected chi connectivity index (χ4v) is 1.90. The first-order valence-electron chi connectivity index (χ1n) is 5.03. The topological polar surface area (TPSA) is 65.8 Å². The van der Waals surface area contributed by atoms with Gasteiger partial charge in [-0.05, 0) is 18.6 Å². The Morgan fingerprint density at radius 3 is 3.06 bits per heavy atom. The molecule has 1 aromatic heterocycles. The summed E-state index contributed by atoms with van der Waals surface area (Å²) in [5.74, 6) is -0.210. The number of hydrogen-bond donors (Lipinski definition) is 1. The van der Waals surface area contributed by atoms with Gasteiger partial charge in [-0.25, -0.2) is 0 Å². The Hall–Kier alpha value is -2.15. The average molecular weight is 213 g/mol. The second-order valence-electron chi connectivity index (χ2n) is 3.74. The molecule has 1 unspecified atom stereocenters. The number of nitrogens with one attached hydrogen (secondary N) is 1. The summed E-state index contributed by atoms with van der Waals surface area (Å²) in [6, 6.07) is 5.86. The first-order valence-corrected chi connectivity index (χ1v) is 5.03. The van der Waals surface area contributed by atoms with Gasteiger partial charge in [-0.2, -0.15) is 5.26 Å². The van der Waals surface area contributed by atoms with Crippen LogP contribution in [-0.4, -0.2) is 10.9 Å². The molecule has 1 atom stereocenters. The van der Waals surface area contributed by atoms with Crippen LogP contribution in [0.25, 0.3) is 0 Å². The van der Waals surface area contributed by atoms with Crippen LogP contribution in [0.3, 0.4) is 0 Å². The molecule has 16 heavy (non-hydrogen) atoms. The van der Waals surface area contributed by atoms with Crippen molar-refractivity contribution in [2.75, 3.05) is 0 Å². The van der Waals surface area contributed by atoms with E-state index in [9.17, 15) is 4.79 Å². The molecule has 1 aromatic rings. The van der Waals surface area contributed by atoms with Gasteiger partial charge in [0.15, 0.2) is 0 Å². The molecule has 80 valence electrons. The van der Waals surface area contributed by atoms with Crippen LogP contribution in [0.4, 0.5) is 0 Å². The summed E-state index contributed by atoms with van der Waals surface area (Å²) in [6.07, 6.45) is 3.69. The zero-order valence-corrected chi connectivity index (χ0v) is 8.90. The van der Waals surface area contributed by atoms with Gasteiger partial charge in [-0.1, -0.05) is 6.07 Å². The monoisotopic (exact) mass is 213 g/mol. The van der Waals surface area contributed by atoms with E-state index in [4.69, 9.17) is 5.26 Å². The highest BCUT2D eigenvalue weighted by Crippen LogP contribution is 2.31. The molecule has 2 heterocycles. The van der Waals surface area contributed by atoms with Gasteiger partial charge in [-0.15, -0.1) is 0 Å². The van der Waals surface area contributed by atoms with Gasteiger partial charge in [-0.3, -0.25) is 9.78 Å². The lowest BCUT2D eigenvalue weighted by atomic mass is 9.86. The number of allylic oxidation sites excluding steroid dienone is 2. The number of aromatic nitrogens is 1. The van der Waals surface area contributed by atoms with E-state index in [0.29, 0.717) is 17.7 Å². The molecule has 1 aliphatic rings. The highest BCUT2D eigenvalue weighted by atomic mass is 16.1. The Bertz CT molecular complexity index is 485. The molecule has 1 amide bonds. The molecule has 0 bridgehead atoms. The molecule has 0 spiro atoms. The Morgan fingerprint density at radius 1 is 1.62 bits per heavy atom. The lowest BCUT2D eigenvalue weighted by Crippen LogP contribution is -2.30. The Morgan fingerprint density at radius 2 is 2.44 bits per heavy atom. The average Bonchev–Trinajstić information content (AvgIpc) is 2.29. The van der Waals surface area contributed by atoms with Crippen LogP contribution in [0.1, 0.15) is 24.8 Å².